The maximum absolute atomic E-state index is 13.3. The number of carbonyl (C=O) groups is 1. The summed E-state index contributed by atoms with van der Waals surface area (Å²) >= 11 is 1.38. The van der Waals surface area contributed by atoms with Gasteiger partial charge in [0.1, 0.15) is 11.9 Å². The summed E-state index contributed by atoms with van der Waals surface area (Å²) in [6, 6.07) is 3.03. The standard InChI is InChI=1S/C9H10FNO2S/c1-14-5-2-3-6(7(10)4-5)8(11)9(12)13/h2-4,8H,11H2,1H3,(H,12,13). The smallest absolute Gasteiger partial charge is 0.325 e. The number of benzene rings is 1. The van der Waals surface area contributed by atoms with Crippen LogP contribution in [-0.4, -0.2) is 17.3 Å². The van der Waals surface area contributed by atoms with Crippen molar-refractivity contribution in [1.29, 1.82) is 0 Å². The first-order chi connectivity index (χ1) is 6.56. The van der Waals surface area contributed by atoms with Crippen LogP contribution in [-0.2, 0) is 4.79 Å². The first-order valence-electron chi connectivity index (χ1n) is 3.88. The van der Waals surface area contributed by atoms with Gasteiger partial charge in [0, 0.05) is 10.5 Å². The van der Waals surface area contributed by atoms with Crippen molar-refractivity contribution < 1.29 is 14.3 Å². The number of hydrogen-bond donors (Lipinski definition) is 2. The zero-order valence-corrected chi connectivity index (χ0v) is 8.34. The van der Waals surface area contributed by atoms with E-state index in [1.807, 2.05) is 6.26 Å². The molecule has 0 aromatic heterocycles. The lowest BCUT2D eigenvalue weighted by Crippen LogP contribution is -2.21. The fraction of sp³-hybridized carbons (Fsp3) is 0.222. The number of aliphatic carboxylic acids is 1. The molecular formula is C9H10FNO2S. The van der Waals surface area contributed by atoms with Gasteiger partial charge in [-0.2, -0.15) is 0 Å². The van der Waals surface area contributed by atoms with E-state index in [0.29, 0.717) is 0 Å². The van der Waals surface area contributed by atoms with Gasteiger partial charge >= 0.3 is 5.97 Å². The number of thioether (sulfide) groups is 1. The second-order valence-corrected chi connectivity index (χ2v) is 3.58. The van der Waals surface area contributed by atoms with Crippen LogP contribution >= 0.6 is 11.8 Å². The summed E-state index contributed by atoms with van der Waals surface area (Å²) in [7, 11) is 0. The van der Waals surface area contributed by atoms with Gasteiger partial charge in [0.15, 0.2) is 0 Å². The van der Waals surface area contributed by atoms with Crippen LogP contribution in [0.5, 0.6) is 0 Å². The summed E-state index contributed by atoms with van der Waals surface area (Å²) in [5.41, 5.74) is 5.29. The van der Waals surface area contributed by atoms with Crippen molar-refractivity contribution in [2.45, 2.75) is 10.9 Å². The first kappa shape index (κ1) is 11.0. The Bertz CT molecular complexity index is 357. The Morgan fingerprint density at radius 2 is 2.29 bits per heavy atom. The topological polar surface area (TPSA) is 63.3 Å². The van der Waals surface area contributed by atoms with E-state index in [1.165, 1.54) is 23.9 Å². The molecule has 0 saturated heterocycles. The average Bonchev–Trinajstić information content (AvgIpc) is 2.16. The lowest BCUT2D eigenvalue weighted by Gasteiger charge is -2.08. The van der Waals surface area contributed by atoms with E-state index in [9.17, 15) is 9.18 Å². The monoisotopic (exact) mass is 215 g/mol. The predicted molar refractivity (Wildman–Crippen MR) is 52.7 cm³/mol. The molecule has 0 heterocycles. The van der Waals surface area contributed by atoms with Gasteiger partial charge in [0.05, 0.1) is 0 Å². The molecule has 0 amide bonds. The zero-order valence-electron chi connectivity index (χ0n) is 7.53. The SMILES string of the molecule is CSc1ccc(C(N)C(=O)O)c(F)c1. The molecule has 1 atom stereocenters. The third kappa shape index (κ3) is 2.24. The van der Waals surface area contributed by atoms with Crippen LogP contribution in [0.25, 0.3) is 0 Å². The van der Waals surface area contributed by atoms with Crippen molar-refractivity contribution in [1.82, 2.24) is 0 Å². The summed E-state index contributed by atoms with van der Waals surface area (Å²) in [5, 5.41) is 8.59. The van der Waals surface area contributed by atoms with Crippen LogP contribution in [0.4, 0.5) is 4.39 Å². The maximum Gasteiger partial charge on any atom is 0.325 e. The van der Waals surface area contributed by atoms with Crippen molar-refractivity contribution in [2.24, 2.45) is 5.73 Å². The molecule has 0 aliphatic carbocycles. The molecule has 0 aliphatic rings. The van der Waals surface area contributed by atoms with Gasteiger partial charge in [-0.3, -0.25) is 4.79 Å². The summed E-state index contributed by atoms with van der Waals surface area (Å²) in [6.45, 7) is 0. The molecule has 0 aliphatic heterocycles. The number of carboxylic acids is 1. The largest absolute Gasteiger partial charge is 0.480 e. The molecule has 1 aromatic rings. The van der Waals surface area contributed by atoms with Crippen molar-refractivity contribution in [3.05, 3.63) is 29.6 Å². The van der Waals surface area contributed by atoms with Gasteiger partial charge in [-0.05, 0) is 18.4 Å². The fourth-order valence-corrected chi connectivity index (χ4v) is 1.45. The van der Waals surface area contributed by atoms with Gasteiger partial charge in [-0.25, -0.2) is 4.39 Å². The Hall–Kier alpha value is -1.07. The van der Waals surface area contributed by atoms with Gasteiger partial charge in [0.2, 0.25) is 0 Å². The molecule has 0 radical (unpaired) electrons. The highest BCUT2D eigenvalue weighted by atomic mass is 32.2. The normalized spacial score (nSPS) is 12.5. The minimum absolute atomic E-state index is 0.00954. The minimum Gasteiger partial charge on any atom is -0.480 e. The molecule has 1 rings (SSSR count). The van der Waals surface area contributed by atoms with E-state index in [-0.39, 0.29) is 5.56 Å². The van der Waals surface area contributed by atoms with Crippen LogP contribution < -0.4 is 5.73 Å². The lowest BCUT2D eigenvalue weighted by molar-refractivity contribution is -0.138. The minimum atomic E-state index is -1.30. The van der Waals surface area contributed by atoms with Gasteiger partial charge in [-0.15, -0.1) is 11.8 Å². The van der Waals surface area contributed by atoms with Gasteiger partial charge in [-0.1, -0.05) is 6.07 Å². The van der Waals surface area contributed by atoms with E-state index in [1.54, 1.807) is 6.07 Å². The van der Waals surface area contributed by atoms with E-state index in [2.05, 4.69) is 0 Å². The molecule has 0 spiro atoms. The number of nitrogens with two attached hydrogens (primary N) is 1. The number of halogens is 1. The van der Waals surface area contributed by atoms with E-state index < -0.39 is 17.8 Å². The quantitative estimate of drug-likeness (QED) is 0.752. The van der Waals surface area contributed by atoms with E-state index in [4.69, 9.17) is 10.8 Å². The fourth-order valence-electron chi connectivity index (χ4n) is 1.02. The molecule has 1 aromatic carbocycles. The molecule has 14 heavy (non-hydrogen) atoms. The van der Waals surface area contributed by atoms with Crippen molar-refractivity contribution in [3.63, 3.8) is 0 Å². The molecule has 0 saturated carbocycles. The second-order valence-electron chi connectivity index (χ2n) is 2.70. The van der Waals surface area contributed by atoms with Crippen LogP contribution in [0.3, 0.4) is 0 Å². The van der Waals surface area contributed by atoms with Crippen LogP contribution in [0.1, 0.15) is 11.6 Å². The van der Waals surface area contributed by atoms with Crippen molar-refractivity contribution >= 4 is 17.7 Å². The highest BCUT2D eigenvalue weighted by molar-refractivity contribution is 7.98. The number of rotatable bonds is 3. The molecular weight excluding hydrogens is 205 g/mol. The molecule has 1 unspecified atom stereocenters. The molecule has 3 nitrogen and oxygen atoms in total. The van der Waals surface area contributed by atoms with E-state index in [0.717, 1.165) is 4.90 Å². The summed E-state index contributed by atoms with van der Waals surface area (Å²) in [4.78, 5) is 11.2. The van der Waals surface area contributed by atoms with Gasteiger partial charge in [0.25, 0.3) is 0 Å². The van der Waals surface area contributed by atoms with Crippen molar-refractivity contribution in [2.75, 3.05) is 6.26 Å². The average molecular weight is 215 g/mol. The summed E-state index contributed by atoms with van der Waals surface area (Å²) in [6.07, 6.45) is 1.81. The Balaban J connectivity index is 3.05. The second kappa shape index (κ2) is 4.43. The number of carboxylic acid groups (broad SMARTS) is 1. The molecule has 3 N–H and O–H groups in total. The third-order valence-electron chi connectivity index (χ3n) is 1.81. The lowest BCUT2D eigenvalue weighted by atomic mass is 10.1. The van der Waals surface area contributed by atoms with E-state index >= 15 is 0 Å². The predicted octanol–water partition coefficient (Wildman–Crippen LogP) is 1.63. The maximum atomic E-state index is 13.3. The molecule has 0 fully saturated rings. The zero-order chi connectivity index (χ0) is 10.7. The summed E-state index contributed by atoms with van der Waals surface area (Å²) < 4.78 is 13.3. The van der Waals surface area contributed by atoms with Crippen molar-refractivity contribution in [3.8, 4) is 0 Å². The summed E-state index contributed by atoms with van der Waals surface area (Å²) in [5.74, 6) is -1.81. The Morgan fingerprint density at radius 3 is 2.71 bits per heavy atom. The Morgan fingerprint density at radius 1 is 1.64 bits per heavy atom. The molecule has 5 heteroatoms. The van der Waals surface area contributed by atoms with Crippen LogP contribution in [0, 0.1) is 5.82 Å². The van der Waals surface area contributed by atoms with Crippen LogP contribution in [0.15, 0.2) is 23.1 Å². The van der Waals surface area contributed by atoms with Crippen LogP contribution in [0.2, 0.25) is 0 Å². The third-order valence-corrected chi connectivity index (χ3v) is 2.53. The first-order valence-corrected chi connectivity index (χ1v) is 5.10. The highest BCUT2D eigenvalue weighted by Crippen LogP contribution is 2.21. The number of hydrogen-bond acceptors (Lipinski definition) is 3. The Labute approximate surface area is 85.1 Å². The van der Waals surface area contributed by atoms with Gasteiger partial charge < -0.3 is 10.8 Å². The Kier molecular flexibility index (Phi) is 3.49. The molecule has 76 valence electrons. The highest BCUT2D eigenvalue weighted by Gasteiger charge is 2.18. The molecule has 0 bridgehead atoms.